The zero-order valence-electron chi connectivity index (χ0n) is 7.04. The minimum atomic E-state index is -4.13. The molecule has 0 nitrogen and oxygen atoms in total. The molecule has 0 saturated carbocycles. The Balaban J connectivity index is 2.65. The third kappa shape index (κ3) is 3.76. The molecule has 0 spiro atoms. The highest BCUT2D eigenvalue weighted by Crippen LogP contribution is 2.26. The highest BCUT2D eigenvalue weighted by molar-refractivity contribution is 6.42. The molecule has 0 atom stereocenters. The van der Waals surface area contributed by atoms with Crippen LogP contribution in [-0.2, 0) is 6.42 Å². The number of rotatable bonds is 2. The summed E-state index contributed by atoms with van der Waals surface area (Å²) in [6.45, 7) is 0. The SMILES string of the molecule is FC(F)(F)CCc1ccc(Cl)c(Cl)c1. The summed E-state index contributed by atoms with van der Waals surface area (Å²) in [6.07, 6.45) is -5.04. The molecule has 0 fully saturated rings. The van der Waals surface area contributed by atoms with E-state index in [2.05, 4.69) is 0 Å². The van der Waals surface area contributed by atoms with E-state index in [1.807, 2.05) is 0 Å². The van der Waals surface area contributed by atoms with Gasteiger partial charge in [0.1, 0.15) is 0 Å². The van der Waals surface area contributed by atoms with Crippen molar-refractivity contribution in [2.75, 3.05) is 0 Å². The van der Waals surface area contributed by atoms with Crippen LogP contribution in [0.5, 0.6) is 0 Å². The molecule has 5 heteroatoms. The van der Waals surface area contributed by atoms with Gasteiger partial charge in [0, 0.05) is 6.42 Å². The lowest BCUT2D eigenvalue weighted by Gasteiger charge is -2.06. The summed E-state index contributed by atoms with van der Waals surface area (Å²) in [4.78, 5) is 0. The first kappa shape index (κ1) is 11.7. The number of hydrogen-bond acceptors (Lipinski definition) is 0. The number of hydrogen-bond donors (Lipinski definition) is 0. The lowest BCUT2D eigenvalue weighted by Crippen LogP contribution is -2.08. The third-order valence-corrected chi connectivity index (χ3v) is 2.42. The normalized spacial score (nSPS) is 11.8. The van der Waals surface area contributed by atoms with E-state index in [1.54, 1.807) is 6.07 Å². The van der Waals surface area contributed by atoms with Gasteiger partial charge in [0.15, 0.2) is 0 Å². The molecule has 0 saturated heterocycles. The van der Waals surface area contributed by atoms with E-state index in [-0.39, 0.29) is 11.4 Å². The maximum Gasteiger partial charge on any atom is 0.389 e. The molecule has 0 bridgehead atoms. The number of halogens is 5. The highest BCUT2D eigenvalue weighted by Gasteiger charge is 2.26. The van der Waals surface area contributed by atoms with Crippen molar-refractivity contribution in [2.24, 2.45) is 0 Å². The van der Waals surface area contributed by atoms with E-state index in [0.717, 1.165) is 0 Å². The average Bonchev–Trinajstić information content (AvgIpc) is 2.06. The Morgan fingerprint density at radius 1 is 1.07 bits per heavy atom. The molecule has 0 unspecified atom stereocenters. The van der Waals surface area contributed by atoms with E-state index < -0.39 is 12.6 Å². The molecule has 0 aliphatic heterocycles. The molecular weight excluding hydrogens is 236 g/mol. The fourth-order valence-electron chi connectivity index (χ4n) is 0.981. The van der Waals surface area contributed by atoms with Crippen LogP contribution in [0.1, 0.15) is 12.0 Å². The molecule has 0 amide bonds. The summed E-state index contributed by atoms with van der Waals surface area (Å²) < 4.78 is 35.6. The molecule has 0 aromatic heterocycles. The zero-order chi connectivity index (χ0) is 10.8. The third-order valence-electron chi connectivity index (χ3n) is 1.68. The standard InChI is InChI=1S/C9H7Cl2F3/c10-7-2-1-6(5-8(7)11)3-4-9(12,13)14/h1-2,5H,3-4H2. The van der Waals surface area contributed by atoms with Crippen molar-refractivity contribution < 1.29 is 13.2 Å². The Labute approximate surface area is 89.6 Å². The van der Waals surface area contributed by atoms with Gasteiger partial charge < -0.3 is 0 Å². The molecule has 0 aliphatic rings. The lowest BCUT2D eigenvalue weighted by atomic mass is 10.1. The summed E-state index contributed by atoms with van der Waals surface area (Å²) in [5.74, 6) is 0. The van der Waals surface area contributed by atoms with Crippen LogP contribution in [0.15, 0.2) is 18.2 Å². The van der Waals surface area contributed by atoms with Gasteiger partial charge >= 0.3 is 6.18 Å². The van der Waals surface area contributed by atoms with Gasteiger partial charge in [-0.15, -0.1) is 0 Å². The second-order valence-corrected chi connectivity index (χ2v) is 3.68. The van der Waals surface area contributed by atoms with Crippen molar-refractivity contribution in [2.45, 2.75) is 19.0 Å². The van der Waals surface area contributed by atoms with Gasteiger partial charge in [0.25, 0.3) is 0 Å². The maximum atomic E-state index is 11.9. The minimum absolute atomic E-state index is 0.0691. The molecule has 0 aliphatic carbocycles. The summed E-state index contributed by atoms with van der Waals surface area (Å²) in [5, 5.41) is 0.633. The Morgan fingerprint density at radius 3 is 2.21 bits per heavy atom. The number of aryl methyl sites for hydroxylation is 1. The van der Waals surface area contributed by atoms with Crippen molar-refractivity contribution >= 4 is 23.2 Å². The fourth-order valence-corrected chi connectivity index (χ4v) is 1.30. The van der Waals surface area contributed by atoms with E-state index in [0.29, 0.717) is 10.6 Å². The van der Waals surface area contributed by atoms with Gasteiger partial charge in [-0.1, -0.05) is 29.3 Å². The monoisotopic (exact) mass is 242 g/mol. The van der Waals surface area contributed by atoms with Crippen LogP contribution in [-0.4, -0.2) is 6.18 Å². The van der Waals surface area contributed by atoms with Crippen molar-refractivity contribution in [3.8, 4) is 0 Å². The van der Waals surface area contributed by atoms with Gasteiger partial charge in [-0.3, -0.25) is 0 Å². The molecule has 0 heterocycles. The minimum Gasteiger partial charge on any atom is -0.171 e. The summed E-state index contributed by atoms with van der Waals surface area (Å²) >= 11 is 11.3. The summed E-state index contributed by atoms with van der Waals surface area (Å²) in [7, 11) is 0. The fraction of sp³-hybridized carbons (Fsp3) is 0.333. The first-order chi connectivity index (χ1) is 6.38. The Kier molecular flexibility index (Phi) is 3.67. The topological polar surface area (TPSA) is 0 Å². The molecule has 1 rings (SSSR count). The van der Waals surface area contributed by atoms with E-state index in [1.165, 1.54) is 12.1 Å². The highest BCUT2D eigenvalue weighted by atomic mass is 35.5. The first-order valence-corrected chi connectivity index (χ1v) is 4.65. The number of benzene rings is 1. The van der Waals surface area contributed by atoms with Crippen molar-refractivity contribution in [1.82, 2.24) is 0 Å². The Hall–Kier alpha value is -0.410. The van der Waals surface area contributed by atoms with Crippen LogP contribution in [0.4, 0.5) is 13.2 Å². The van der Waals surface area contributed by atoms with Crippen LogP contribution in [0.3, 0.4) is 0 Å². The molecule has 14 heavy (non-hydrogen) atoms. The largest absolute Gasteiger partial charge is 0.389 e. The van der Waals surface area contributed by atoms with Crippen molar-refractivity contribution in [3.63, 3.8) is 0 Å². The maximum absolute atomic E-state index is 11.9. The first-order valence-electron chi connectivity index (χ1n) is 3.89. The molecule has 1 aromatic rings. The Bertz CT molecular complexity index is 320. The van der Waals surface area contributed by atoms with Crippen LogP contribution < -0.4 is 0 Å². The predicted octanol–water partition coefficient (Wildman–Crippen LogP) is 4.49. The van der Waals surface area contributed by atoms with Crippen LogP contribution >= 0.6 is 23.2 Å². The van der Waals surface area contributed by atoms with Crippen molar-refractivity contribution in [3.05, 3.63) is 33.8 Å². The lowest BCUT2D eigenvalue weighted by molar-refractivity contribution is -0.133. The molecule has 78 valence electrons. The van der Waals surface area contributed by atoms with Crippen LogP contribution in [0.2, 0.25) is 10.0 Å². The van der Waals surface area contributed by atoms with Gasteiger partial charge in [-0.2, -0.15) is 13.2 Å². The van der Waals surface area contributed by atoms with E-state index >= 15 is 0 Å². The van der Waals surface area contributed by atoms with Crippen molar-refractivity contribution in [1.29, 1.82) is 0 Å². The molecule has 1 aromatic carbocycles. The number of alkyl halides is 3. The van der Waals surface area contributed by atoms with E-state index in [9.17, 15) is 13.2 Å². The average molecular weight is 243 g/mol. The molecule has 0 N–H and O–H groups in total. The second-order valence-electron chi connectivity index (χ2n) is 2.86. The van der Waals surface area contributed by atoms with Crippen LogP contribution in [0, 0.1) is 0 Å². The van der Waals surface area contributed by atoms with Gasteiger partial charge in [-0.05, 0) is 24.1 Å². The molecular formula is C9H7Cl2F3. The summed E-state index contributed by atoms with van der Waals surface area (Å²) in [5.41, 5.74) is 0.539. The smallest absolute Gasteiger partial charge is 0.171 e. The van der Waals surface area contributed by atoms with Crippen LogP contribution in [0.25, 0.3) is 0 Å². The van der Waals surface area contributed by atoms with Gasteiger partial charge in [0.2, 0.25) is 0 Å². The second kappa shape index (κ2) is 4.41. The quantitative estimate of drug-likeness (QED) is 0.717. The zero-order valence-corrected chi connectivity index (χ0v) is 8.55. The van der Waals surface area contributed by atoms with E-state index in [4.69, 9.17) is 23.2 Å². The van der Waals surface area contributed by atoms with Gasteiger partial charge in [-0.25, -0.2) is 0 Å². The van der Waals surface area contributed by atoms with Gasteiger partial charge in [0.05, 0.1) is 10.0 Å². The molecule has 0 radical (unpaired) electrons. The predicted molar refractivity (Wildman–Crippen MR) is 50.8 cm³/mol. The summed E-state index contributed by atoms with van der Waals surface area (Å²) in [6, 6.07) is 4.49. The Morgan fingerprint density at radius 2 is 1.71 bits per heavy atom.